The van der Waals surface area contributed by atoms with Gasteiger partial charge in [-0.15, -0.1) is 0 Å². The summed E-state index contributed by atoms with van der Waals surface area (Å²) < 4.78 is 8.76. The zero-order valence-electron chi connectivity index (χ0n) is 7.56. The average molecular weight is 202 g/mol. The van der Waals surface area contributed by atoms with Crippen molar-refractivity contribution in [2.24, 2.45) is 5.73 Å². The first-order valence-electron chi connectivity index (χ1n) is 3.86. The van der Waals surface area contributed by atoms with Gasteiger partial charge in [-0.05, 0) is 0 Å². The van der Waals surface area contributed by atoms with Crippen LogP contribution in [-0.2, 0) is 19.1 Å². The maximum atomic E-state index is 11.0. The van der Waals surface area contributed by atoms with Gasteiger partial charge < -0.3 is 15.2 Å². The minimum atomic E-state index is -1.03. The molecule has 1 aliphatic heterocycles. The third-order valence-electron chi connectivity index (χ3n) is 1.72. The molecule has 2 amide bonds. The lowest BCUT2D eigenvalue weighted by Gasteiger charge is -2.14. The first-order valence-corrected chi connectivity index (χ1v) is 3.86. The van der Waals surface area contributed by atoms with Gasteiger partial charge >= 0.3 is 12.1 Å². The molecular formula is C7H10N2O5. The van der Waals surface area contributed by atoms with Gasteiger partial charge in [-0.1, -0.05) is 0 Å². The zero-order chi connectivity index (χ0) is 10.7. The Bertz CT molecular complexity index is 261. The lowest BCUT2D eigenvalue weighted by Crippen LogP contribution is -2.45. The molecule has 1 rings (SSSR count). The van der Waals surface area contributed by atoms with E-state index in [-0.39, 0.29) is 13.2 Å². The third-order valence-corrected chi connectivity index (χ3v) is 1.72. The van der Waals surface area contributed by atoms with E-state index in [1.54, 1.807) is 0 Å². The van der Waals surface area contributed by atoms with E-state index in [9.17, 15) is 14.4 Å². The molecule has 0 aromatic rings. The maximum absolute atomic E-state index is 11.0. The molecule has 1 fully saturated rings. The number of esters is 1. The molecule has 0 bridgehead atoms. The standard InChI is InChI=1S/C7H10N2O5/c1-13-6(11)4(8)2-9-5(10)3-14-7(9)12/h4H,2-3,8H2,1H3. The number of rotatable bonds is 3. The van der Waals surface area contributed by atoms with Gasteiger partial charge in [-0.2, -0.15) is 0 Å². The van der Waals surface area contributed by atoms with Gasteiger partial charge in [0, 0.05) is 0 Å². The molecule has 1 heterocycles. The molecule has 0 spiro atoms. The number of imide groups is 1. The van der Waals surface area contributed by atoms with Crippen molar-refractivity contribution >= 4 is 18.0 Å². The molecule has 1 saturated heterocycles. The zero-order valence-corrected chi connectivity index (χ0v) is 7.56. The van der Waals surface area contributed by atoms with Crippen molar-refractivity contribution in [2.45, 2.75) is 6.04 Å². The number of cyclic esters (lactones) is 1. The summed E-state index contributed by atoms with van der Waals surface area (Å²) >= 11 is 0. The summed E-state index contributed by atoms with van der Waals surface area (Å²) in [6.45, 7) is -0.517. The number of carbonyl (C=O) groups excluding carboxylic acids is 3. The molecule has 0 aliphatic carbocycles. The van der Waals surface area contributed by atoms with Crippen LogP contribution in [0.1, 0.15) is 0 Å². The van der Waals surface area contributed by atoms with Crippen molar-refractivity contribution in [2.75, 3.05) is 20.3 Å². The van der Waals surface area contributed by atoms with Gasteiger partial charge in [0.05, 0.1) is 13.7 Å². The van der Waals surface area contributed by atoms with Gasteiger partial charge in [0.2, 0.25) is 0 Å². The van der Waals surface area contributed by atoms with Crippen LogP contribution in [0.15, 0.2) is 0 Å². The van der Waals surface area contributed by atoms with Gasteiger partial charge in [0.15, 0.2) is 6.61 Å². The van der Waals surface area contributed by atoms with Crippen LogP contribution in [0.4, 0.5) is 4.79 Å². The van der Waals surface area contributed by atoms with Crippen molar-refractivity contribution in [1.82, 2.24) is 4.90 Å². The molecule has 0 radical (unpaired) electrons. The van der Waals surface area contributed by atoms with E-state index < -0.39 is 24.0 Å². The van der Waals surface area contributed by atoms with E-state index >= 15 is 0 Å². The fraction of sp³-hybridized carbons (Fsp3) is 0.571. The van der Waals surface area contributed by atoms with Crippen LogP contribution in [-0.4, -0.2) is 49.2 Å². The second-order valence-electron chi connectivity index (χ2n) is 2.69. The normalized spacial score (nSPS) is 18.0. The molecule has 7 heteroatoms. The molecule has 7 nitrogen and oxygen atoms in total. The number of carbonyl (C=O) groups is 3. The molecule has 0 aromatic heterocycles. The molecule has 0 aromatic carbocycles. The van der Waals surface area contributed by atoms with Crippen LogP contribution in [0.2, 0.25) is 0 Å². The minimum Gasteiger partial charge on any atom is -0.468 e. The average Bonchev–Trinajstić information content (AvgIpc) is 2.48. The summed E-state index contributed by atoms with van der Waals surface area (Å²) in [5.74, 6) is -1.19. The molecule has 1 aliphatic rings. The first kappa shape index (κ1) is 10.5. The summed E-state index contributed by atoms with van der Waals surface area (Å²) in [4.78, 5) is 33.6. The van der Waals surface area contributed by atoms with E-state index in [1.807, 2.05) is 0 Å². The molecular weight excluding hydrogens is 192 g/mol. The quantitative estimate of drug-likeness (QED) is 0.557. The first-order chi connectivity index (χ1) is 6.56. The SMILES string of the molecule is COC(=O)C(N)CN1C(=O)COC1=O. The van der Waals surface area contributed by atoms with Gasteiger partial charge in [0.25, 0.3) is 5.91 Å². The Morgan fingerprint density at radius 2 is 2.36 bits per heavy atom. The Morgan fingerprint density at radius 3 is 2.79 bits per heavy atom. The van der Waals surface area contributed by atoms with Crippen LogP contribution in [0.5, 0.6) is 0 Å². The lowest BCUT2D eigenvalue weighted by molar-refractivity contribution is -0.142. The predicted octanol–water partition coefficient (Wildman–Crippen LogP) is -1.53. The molecule has 1 unspecified atom stereocenters. The van der Waals surface area contributed by atoms with E-state index in [1.165, 1.54) is 7.11 Å². The number of methoxy groups -OCH3 is 1. The minimum absolute atomic E-state index is 0.218. The van der Waals surface area contributed by atoms with Crippen molar-refractivity contribution in [1.29, 1.82) is 0 Å². The molecule has 0 saturated carbocycles. The number of amides is 2. The third kappa shape index (κ3) is 1.99. The number of nitrogens with two attached hydrogens (primary N) is 1. The van der Waals surface area contributed by atoms with Crippen LogP contribution in [0.25, 0.3) is 0 Å². The smallest absolute Gasteiger partial charge is 0.417 e. The topological polar surface area (TPSA) is 98.9 Å². The summed E-state index contributed by atoms with van der Waals surface area (Å²) in [5, 5.41) is 0. The lowest BCUT2D eigenvalue weighted by atomic mass is 10.3. The van der Waals surface area contributed by atoms with Crippen LogP contribution in [0, 0.1) is 0 Å². The fourth-order valence-electron chi connectivity index (χ4n) is 0.980. The number of hydrogen-bond donors (Lipinski definition) is 1. The monoisotopic (exact) mass is 202 g/mol. The Labute approximate surface area is 79.7 Å². The van der Waals surface area contributed by atoms with Crippen LogP contribution in [0.3, 0.4) is 0 Å². The van der Waals surface area contributed by atoms with E-state index in [4.69, 9.17) is 5.73 Å². The largest absolute Gasteiger partial charge is 0.468 e. The Balaban J connectivity index is 2.55. The summed E-state index contributed by atoms with van der Waals surface area (Å²) in [6, 6.07) is -1.03. The van der Waals surface area contributed by atoms with E-state index in [2.05, 4.69) is 9.47 Å². The van der Waals surface area contributed by atoms with Crippen molar-refractivity contribution in [3.05, 3.63) is 0 Å². The highest BCUT2D eigenvalue weighted by molar-refractivity contribution is 5.98. The number of hydrogen-bond acceptors (Lipinski definition) is 6. The van der Waals surface area contributed by atoms with Crippen LogP contribution < -0.4 is 5.73 Å². The van der Waals surface area contributed by atoms with E-state index in [0.29, 0.717) is 0 Å². The second kappa shape index (κ2) is 4.05. The summed E-state index contributed by atoms with van der Waals surface area (Å²) in [7, 11) is 1.17. The van der Waals surface area contributed by atoms with Crippen molar-refractivity contribution in [3.8, 4) is 0 Å². The Hall–Kier alpha value is -1.63. The highest BCUT2D eigenvalue weighted by atomic mass is 16.6. The van der Waals surface area contributed by atoms with Crippen molar-refractivity contribution in [3.63, 3.8) is 0 Å². The highest BCUT2D eigenvalue weighted by Crippen LogP contribution is 2.05. The maximum Gasteiger partial charge on any atom is 0.417 e. The number of ether oxygens (including phenoxy) is 2. The highest BCUT2D eigenvalue weighted by Gasteiger charge is 2.33. The molecule has 78 valence electrons. The Morgan fingerprint density at radius 1 is 1.71 bits per heavy atom. The van der Waals surface area contributed by atoms with Gasteiger partial charge in [-0.25, -0.2) is 9.69 Å². The van der Waals surface area contributed by atoms with Crippen molar-refractivity contribution < 1.29 is 23.9 Å². The van der Waals surface area contributed by atoms with Gasteiger partial charge in [0.1, 0.15) is 6.04 Å². The van der Waals surface area contributed by atoms with E-state index in [0.717, 1.165) is 4.90 Å². The Kier molecular flexibility index (Phi) is 3.03. The number of nitrogens with zero attached hydrogens (tertiary/aromatic N) is 1. The summed E-state index contributed by atoms with van der Waals surface area (Å²) in [6.07, 6.45) is -0.783. The molecule has 14 heavy (non-hydrogen) atoms. The molecule has 1 atom stereocenters. The van der Waals surface area contributed by atoms with Crippen LogP contribution >= 0.6 is 0 Å². The predicted molar refractivity (Wildman–Crippen MR) is 43.1 cm³/mol. The fourth-order valence-corrected chi connectivity index (χ4v) is 0.980. The second-order valence-corrected chi connectivity index (χ2v) is 2.69. The molecule has 2 N–H and O–H groups in total. The van der Waals surface area contributed by atoms with Gasteiger partial charge in [-0.3, -0.25) is 9.59 Å². The summed E-state index contributed by atoms with van der Waals surface area (Å²) in [5.41, 5.74) is 5.36.